The second-order valence-electron chi connectivity index (χ2n) is 5.56. The topological polar surface area (TPSA) is 12.9 Å². The Hall–Kier alpha value is -2.41. The molecule has 0 aliphatic carbocycles. The lowest BCUT2D eigenvalue weighted by Crippen LogP contribution is -1.91. The Morgan fingerprint density at radius 2 is 1.77 bits per heavy atom. The van der Waals surface area contributed by atoms with E-state index >= 15 is 0 Å². The van der Waals surface area contributed by atoms with Crippen LogP contribution < -0.4 is 0 Å². The first-order chi connectivity index (χ1) is 12.2. The molecule has 1 nitrogen and oxygen atoms in total. The minimum atomic E-state index is -2.18. The van der Waals surface area contributed by atoms with Crippen molar-refractivity contribution in [2.75, 3.05) is 0 Å². The molecule has 1 aromatic heterocycles. The van der Waals surface area contributed by atoms with Gasteiger partial charge >= 0.3 is 0 Å². The third kappa shape index (κ3) is 2.94. The molecule has 0 bridgehead atoms. The van der Waals surface area contributed by atoms with Gasteiger partial charge in [0.05, 0.1) is 5.69 Å². The van der Waals surface area contributed by atoms with Crippen molar-refractivity contribution in [3.05, 3.63) is 78.0 Å². The highest BCUT2D eigenvalue weighted by Crippen LogP contribution is 2.28. The predicted octanol–water partition coefficient (Wildman–Crippen LogP) is 5.85. The van der Waals surface area contributed by atoms with Crippen LogP contribution in [0, 0.1) is 6.85 Å². The van der Waals surface area contributed by atoms with Crippen LogP contribution in [0.15, 0.2) is 66.9 Å². The molecule has 1 heteroatoms. The number of aromatic nitrogens is 1. The van der Waals surface area contributed by atoms with Gasteiger partial charge in [-0.15, -0.1) is 0 Å². The molecular weight excluding hydrogens is 266 g/mol. The van der Waals surface area contributed by atoms with E-state index in [0.717, 1.165) is 22.4 Å². The van der Waals surface area contributed by atoms with Crippen molar-refractivity contribution in [2.45, 2.75) is 26.6 Å². The van der Waals surface area contributed by atoms with Crippen LogP contribution in [0.4, 0.5) is 0 Å². The third-order valence-electron chi connectivity index (χ3n) is 3.74. The van der Waals surface area contributed by atoms with E-state index in [2.05, 4.69) is 4.98 Å². The van der Waals surface area contributed by atoms with Crippen LogP contribution in [0.25, 0.3) is 22.4 Å². The largest absolute Gasteiger partial charge is 0.256 e. The lowest BCUT2D eigenvalue weighted by atomic mass is 9.96. The number of nitrogens with zero attached hydrogens (tertiary/aromatic N) is 1. The molecule has 1 heterocycles. The van der Waals surface area contributed by atoms with Crippen molar-refractivity contribution in [3.8, 4) is 22.4 Å². The smallest absolute Gasteiger partial charge is 0.0702 e. The molecule has 110 valence electrons. The van der Waals surface area contributed by atoms with E-state index in [4.69, 9.17) is 5.48 Å². The average Bonchev–Trinajstić information content (AvgIpc) is 2.60. The lowest BCUT2D eigenvalue weighted by Gasteiger charge is -2.10. The van der Waals surface area contributed by atoms with Crippen LogP contribution in [0.1, 0.15) is 36.4 Å². The van der Waals surface area contributed by atoms with Gasteiger partial charge in [-0.25, -0.2) is 0 Å². The monoisotopic (exact) mass is 291 g/mol. The molecule has 0 unspecified atom stereocenters. The predicted molar refractivity (Wildman–Crippen MR) is 93.9 cm³/mol. The quantitative estimate of drug-likeness (QED) is 0.590. The summed E-state index contributed by atoms with van der Waals surface area (Å²) in [4.78, 5) is 4.48. The highest BCUT2D eigenvalue weighted by Gasteiger charge is 2.06. The summed E-state index contributed by atoms with van der Waals surface area (Å²) in [5.74, 6) is -0.703. The molecule has 0 saturated heterocycles. The second-order valence-corrected chi connectivity index (χ2v) is 5.56. The van der Waals surface area contributed by atoms with Crippen LogP contribution in [0.3, 0.4) is 0 Å². The highest BCUT2D eigenvalue weighted by atomic mass is 14.7. The number of benzene rings is 2. The molecule has 3 aromatic rings. The van der Waals surface area contributed by atoms with Crippen LogP contribution in [0.5, 0.6) is 0 Å². The molecule has 0 amide bonds. The summed E-state index contributed by atoms with van der Waals surface area (Å²) in [6.45, 7) is 1.46. The number of hydrogen-bond donors (Lipinski definition) is 0. The van der Waals surface area contributed by atoms with Crippen molar-refractivity contribution in [2.24, 2.45) is 0 Å². The first-order valence-electron chi connectivity index (χ1n) is 9.33. The molecule has 0 saturated carbocycles. The van der Waals surface area contributed by atoms with E-state index in [1.807, 2.05) is 62.4 Å². The van der Waals surface area contributed by atoms with E-state index < -0.39 is 12.7 Å². The van der Waals surface area contributed by atoms with Gasteiger partial charge in [0.1, 0.15) is 0 Å². The van der Waals surface area contributed by atoms with Crippen molar-refractivity contribution in [1.29, 1.82) is 0 Å². The fourth-order valence-corrected chi connectivity index (χ4v) is 2.42. The molecule has 22 heavy (non-hydrogen) atoms. The van der Waals surface area contributed by atoms with E-state index in [9.17, 15) is 0 Å². The number of hydrogen-bond acceptors (Lipinski definition) is 1. The molecule has 0 spiro atoms. The zero-order chi connectivity index (χ0) is 18.9. The number of aryl methyl sites for hydroxylation is 1. The van der Waals surface area contributed by atoms with Gasteiger partial charge < -0.3 is 0 Å². The Kier molecular flexibility index (Phi) is 2.89. The van der Waals surface area contributed by atoms with Crippen LogP contribution >= 0.6 is 0 Å². The molecule has 0 aliphatic heterocycles. The van der Waals surface area contributed by atoms with Crippen LogP contribution in [-0.2, 0) is 0 Å². The highest BCUT2D eigenvalue weighted by molar-refractivity contribution is 5.74. The normalized spacial score (nSPS) is 14.6. The summed E-state index contributed by atoms with van der Waals surface area (Å²) in [6.07, 6.45) is 1.71. The van der Waals surface area contributed by atoms with Gasteiger partial charge in [0.2, 0.25) is 0 Å². The zero-order valence-corrected chi connectivity index (χ0v) is 12.8. The maximum atomic E-state index is 8.09. The number of rotatable bonds is 3. The maximum absolute atomic E-state index is 8.09. The Balaban J connectivity index is 2.10. The van der Waals surface area contributed by atoms with Gasteiger partial charge in [-0.2, -0.15) is 0 Å². The van der Waals surface area contributed by atoms with E-state index in [-0.39, 0.29) is 0 Å². The van der Waals surface area contributed by atoms with Gasteiger partial charge in [0, 0.05) is 17.2 Å². The summed E-state index contributed by atoms with van der Waals surface area (Å²) in [7, 11) is 0. The summed E-state index contributed by atoms with van der Waals surface area (Å²) >= 11 is 0. The minimum Gasteiger partial charge on any atom is -0.256 e. The fraction of sp³-hybridized carbons (Fsp3) is 0.190. The van der Waals surface area contributed by atoms with Crippen molar-refractivity contribution < 1.29 is 5.48 Å². The summed E-state index contributed by atoms with van der Waals surface area (Å²) in [5, 5.41) is 0. The third-order valence-corrected chi connectivity index (χ3v) is 3.74. The van der Waals surface area contributed by atoms with Crippen LogP contribution in [-0.4, -0.2) is 4.98 Å². The van der Waals surface area contributed by atoms with Gasteiger partial charge in [-0.05, 0) is 47.1 Å². The van der Waals surface area contributed by atoms with Gasteiger partial charge in [-0.1, -0.05) is 62.4 Å². The lowest BCUT2D eigenvalue weighted by molar-refractivity contribution is 0.859. The van der Waals surface area contributed by atoms with Gasteiger partial charge in [0.15, 0.2) is 0 Å². The standard InChI is InChI=1S/C21H21N/c1-15(2)19-11-12-21(22-14-19)18-10-9-16(3)20(13-18)17-7-5-4-6-8-17/h4-15H,1-3H3/i3D3,15D. The van der Waals surface area contributed by atoms with E-state index in [1.54, 1.807) is 18.3 Å². The molecule has 0 fully saturated rings. The first kappa shape index (κ1) is 10.3. The summed E-state index contributed by atoms with van der Waals surface area (Å²) in [5.41, 5.74) is 4.33. The molecule has 0 N–H and O–H groups in total. The minimum absolute atomic E-state index is 0.330. The van der Waals surface area contributed by atoms with E-state index in [1.165, 1.54) is 0 Å². The number of pyridine rings is 1. The summed E-state index contributed by atoms with van der Waals surface area (Å²) < 4.78 is 31.6. The molecule has 2 aromatic carbocycles. The molecular formula is C21H21N. The van der Waals surface area contributed by atoms with Gasteiger partial charge in [0.25, 0.3) is 0 Å². The van der Waals surface area contributed by atoms with Crippen LogP contribution in [0.2, 0.25) is 0 Å². The Morgan fingerprint density at radius 3 is 2.41 bits per heavy atom. The SMILES string of the molecule is [2H]C([2H])([2H])c1ccc(-c2ccc(C([2H])(C)C)cn2)cc1-c1ccccc1. The first-order valence-corrected chi connectivity index (χ1v) is 7.33. The Labute approximate surface area is 138 Å². The molecule has 0 atom stereocenters. The molecule has 0 radical (unpaired) electrons. The molecule has 3 rings (SSSR count). The summed E-state index contributed by atoms with van der Waals surface area (Å²) in [6, 6.07) is 18.6. The maximum Gasteiger partial charge on any atom is 0.0702 e. The van der Waals surface area contributed by atoms with Crippen molar-refractivity contribution in [3.63, 3.8) is 0 Å². The zero-order valence-electron chi connectivity index (χ0n) is 16.8. The Bertz CT molecular complexity index is 892. The Morgan fingerprint density at radius 1 is 0.955 bits per heavy atom. The fourth-order valence-electron chi connectivity index (χ4n) is 2.42. The van der Waals surface area contributed by atoms with Crippen molar-refractivity contribution >= 4 is 0 Å². The van der Waals surface area contributed by atoms with Crippen molar-refractivity contribution in [1.82, 2.24) is 4.98 Å². The molecule has 0 aliphatic rings. The van der Waals surface area contributed by atoms with Gasteiger partial charge in [-0.3, -0.25) is 4.98 Å². The van der Waals surface area contributed by atoms with E-state index in [0.29, 0.717) is 11.1 Å². The average molecular weight is 291 g/mol. The second kappa shape index (κ2) is 6.15.